The van der Waals surface area contributed by atoms with Crippen molar-refractivity contribution in [3.8, 4) is 45.7 Å². The molecule has 11 rings (SSSR count). The van der Waals surface area contributed by atoms with E-state index in [0.29, 0.717) is 50.9 Å². The number of fused-ring (bicyclic) bond motifs is 9. The molecule has 0 saturated carbocycles. The first kappa shape index (κ1) is 30.6. The molecule has 7 aromatic carbocycles. The smallest absolute Gasteiger partial charge is 0.211 e. The van der Waals surface area contributed by atoms with Crippen molar-refractivity contribution in [2.75, 3.05) is 0 Å². The number of rotatable bonds is 4. The molecule has 7 nitrogen and oxygen atoms in total. The fraction of sp³-hybridized carbons (Fsp3) is 0. The van der Waals surface area contributed by atoms with Crippen LogP contribution < -0.4 is 0 Å². The fourth-order valence-corrected chi connectivity index (χ4v) is 8.02. The topological polar surface area (TPSA) is 85.1 Å². The molecule has 0 fully saturated rings. The van der Waals surface area contributed by atoms with Gasteiger partial charge in [-0.25, -0.2) is 14.8 Å². The van der Waals surface area contributed by atoms with Crippen LogP contribution in [-0.4, -0.2) is 14.5 Å². The molecule has 0 aliphatic heterocycles. The van der Waals surface area contributed by atoms with Crippen molar-refractivity contribution < 1.29 is 8.83 Å². The summed E-state index contributed by atoms with van der Waals surface area (Å²) in [6.07, 6.45) is 0. The highest BCUT2D eigenvalue weighted by Crippen LogP contribution is 2.42. The van der Waals surface area contributed by atoms with E-state index >= 15 is 0 Å². The lowest BCUT2D eigenvalue weighted by molar-refractivity contribution is 0.669. The Hall–Kier alpha value is -8.00. The number of benzene rings is 7. The van der Waals surface area contributed by atoms with Gasteiger partial charge in [0.15, 0.2) is 5.82 Å². The Labute approximate surface area is 313 Å². The quantitative estimate of drug-likeness (QED) is 0.170. The zero-order chi connectivity index (χ0) is 36.6. The summed E-state index contributed by atoms with van der Waals surface area (Å²) in [6, 6.07) is 52.2. The van der Waals surface area contributed by atoms with E-state index in [2.05, 4.69) is 45.8 Å². The number of aromatic nitrogens is 3. The molecule has 0 radical (unpaired) electrons. The average Bonchev–Trinajstić information content (AvgIpc) is 3.91. The van der Waals surface area contributed by atoms with Crippen LogP contribution in [0.4, 0.5) is 5.69 Å². The maximum absolute atomic E-state index is 10.7. The van der Waals surface area contributed by atoms with Gasteiger partial charge in [0.2, 0.25) is 5.69 Å². The maximum Gasteiger partial charge on any atom is 0.211 e. The largest absolute Gasteiger partial charge is 0.456 e. The van der Waals surface area contributed by atoms with Crippen molar-refractivity contribution in [2.24, 2.45) is 0 Å². The summed E-state index contributed by atoms with van der Waals surface area (Å²) in [7, 11) is 0. The van der Waals surface area contributed by atoms with Crippen molar-refractivity contribution in [3.63, 3.8) is 0 Å². The van der Waals surface area contributed by atoms with Crippen LogP contribution in [0.15, 0.2) is 160 Å². The first-order chi connectivity index (χ1) is 27.2. The molecule has 0 saturated heterocycles. The predicted octanol–water partition coefficient (Wildman–Crippen LogP) is 12.8. The minimum atomic E-state index is 0.319. The van der Waals surface area contributed by atoms with Crippen molar-refractivity contribution in [1.29, 1.82) is 5.26 Å². The predicted molar refractivity (Wildman–Crippen MR) is 218 cm³/mol. The zero-order valence-corrected chi connectivity index (χ0v) is 29.0. The van der Waals surface area contributed by atoms with Crippen LogP contribution in [0.1, 0.15) is 5.56 Å². The van der Waals surface area contributed by atoms with Gasteiger partial charge in [-0.05, 0) is 48.0 Å². The first-order valence-corrected chi connectivity index (χ1v) is 17.8. The monoisotopic (exact) mass is 703 g/mol. The van der Waals surface area contributed by atoms with Crippen molar-refractivity contribution >= 4 is 71.4 Å². The Bertz CT molecular complexity index is 3470. The Kier molecular flexibility index (Phi) is 6.54. The van der Waals surface area contributed by atoms with Crippen LogP contribution in [0.25, 0.3) is 110 Å². The molecule has 0 amide bonds. The van der Waals surface area contributed by atoms with Gasteiger partial charge in [0.1, 0.15) is 34.0 Å². The molecule has 7 heteroatoms. The highest BCUT2D eigenvalue weighted by molar-refractivity contribution is 6.17. The standard InChI is InChI=1S/C48H25N5O2/c1-50-38-24-29(22-23-40(38)53-39-19-8-5-14-30(39)35-25-36-32-16-7-9-20-42(32)54-44(36)26-41(35)53)46-37(27-49)45(28-12-3-2-4-13-28)51-48(52-46)34-18-11-17-33-31-15-6-10-21-43(31)55-47(33)34/h2-26H. The summed E-state index contributed by atoms with van der Waals surface area (Å²) in [4.78, 5) is 14.2. The van der Waals surface area contributed by atoms with Crippen LogP contribution in [0.3, 0.4) is 0 Å². The van der Waals surface area contributed by atoms with Gasteiger partial charge < -0.3 is 13.4 Å². The molecule has 4 aromatic heterocycles. The Morgan fingerprint density at radius 2 is 1.22 bits per heavy atom. The van der Waals surface area contributed by atoms with E-state index < -0.39 is 0 Å². The van der Waals surface area contributed by atoms with E-state index in [9.17, 15) is 5.26 Å². The SMILES string of the molecule is [C-]#[N+]c1cc(-c2nc(-c3cccc4c3oc3ccccc34)nc(-c3ccccc3)c2C#N)ccc1-n1c2ccccc2c2cc3c(cc21)oc1ccccc13. The van der Waals surface area contributed by atoms with Crippen LogP contribution in [-0.2, 0) is 0 Å². The lowest BCUT2D eigenvalue weighted by atomic mass is 9.99. The third-order valence-corrected chi connectivity index (χ3v) is 10.5. The Morgan fingerprint density at radius 3 is 2.00 bits per heavy atom. The number of nitrogens with zero attached hydrogens (tertiary/aromatic N) is 5. The lowest BCUT2D eigenvalue weighted by Gasteiger charge is -2.15. The number of nitriles is 1. The molecule has 0 spiro atoms. The molecule has 11 aromatic rings. The van der Waals surface area contributed by atoms with Gasteiger partial charge in [-0.3, -0.25) is 0 Å². The minimum Gasteiger partial charge on any atom is -0.456 e. The fourth-order valence-electron chi connectivity index (χ4n) is 8.02. The van der Waals surface area contributed by atoms with Crippen LogP contribution >= 0.6 is 0 Å². The minimum absolute atomic E-state index is 0.319. The molecule has 0 unspecified atom stereocenters. The Balaban J connectivity index is 1.15. The number of hydrogen-bond acceptors (Lipinski definition) is 5. The van der Waals surface area contributed by atoms with Crippen molar-refractivity contribution in [3.05, 3.63) is 169 Å². The van der Waals surface area contributed by atoms with Gasteiger partial charge in [-0.15, -0.1) is 0 Å². The van der Waals surface area contributed by atoms with Gasteiger partial charge in [-0.1, -0.05) is 103 Å². The molecule has 0 aliphatic carbocycles. The van der Waals surface area contributed by atoms with Gasteiger partial charge in [0.25, 0.3) is 0 Å². The van der Waals surface area contributed by atoms with Gasteiger partial charge in [0.05, 0.1) is 40.2 Å². The van der Waals surface area contributed by atoms with Gasteiger partial charge in [0, 0.05) is 43.9 Å². The molecule has 0 N–H and O–H groups in total. The van der Waals surface area contributed by atoms with Gasteiger partial charge in [-0.2, -0.15) is 5.26 Å². The Morgan fingerprint density at radius 1 is 0.545 bits per heavy atom. The van der Waals surface area contributed by atoms with Crippen LogP contribution in [0, 0.1) is 17.9 Å². The van der Waals surface area contributed by atoms with E-state index in [-0.39, 0.29) is 0 Å². The number of furan rings is 2. The molecule has 55 heavy (non-hydrogen) atoms. The normalized spacial score (nSPS) is 11.6. The van der Waals surface area contributed by atoms with Crippen molar-refractivity contribution in [1.82, 2.24) is 14.5 Å². The zero-order valence-electron chi connectivity index (χ0n) is 29.0. The summed E-state index contributed by atoms with van der Waals surface area (Å²) in [5.74, 6) is 0.420. The highest BCUT2D eigenvalue weighted by atomic mass is 16.3. The van der Waals surface area contributed by atoms with E-state index in [0.717, 1.165) is 65.7 Å². The highest BCUT2D eigenvalue weighted by Gasteiger charge is 2.23. The van der Waals surface area contributed by atoms with E-state index in [4.69, 9.17) is 25.4 Å². The molecular weight excluding hydrogens is 679 g/mol. The summed E-state index contributed by atoms with van der Waals surface area (Å²) in [5.41, 5.74) is 9.44. The molecule has 0 aliphatic rings. The lowest BCUT2D eigenvalue weighted by Crippen LogP contribution is -2.02. The third-order valence-electron chi connectivity index (χ3n) is 10.5. The molecular formula is C48H25N5O2. The first-order valence-electron chi connectivity index (χ1n) is 17.8. The summed E-state index contributed by atoms with van der Waals surface area (Å²) in [5, 5.41) is 16.9. The molecule has 4 heterocycles. The second-order valence-corrected chi connectivity index (χ2v) is 13.5. The number of hydrogen-bond donors (Lipinski definition) is 0. The second kappa shape index (κ2) is 11.8. The summed E-state index contributed by atoms with van der Waals surface area (Å²) in [6.45, 7) is 8.44. The average molecular weight is 704 g/mol. The van der Waals surface area contributed by atoms with E-state index in [1.807, 2.05) is 121 Å². The van der Waals surface area contributed by atoms with Crippen LogP contribution in [0.5, 0.6) is 0 Å². The van der Waals surface area contributed by atoms with Crippen LogP contribution in [0.2, 0.25) is 0 Å². The maximum atomic E-state index is 10.7. The van der Waals surface area contributed by atoms with Gasteiger partial charge >= 0.3 is 0 Å². The summed E-state index contributed by atoms with van der Waals surface area (Å²) < 4.78 is 14.8. The second-order valence-electron chi connectivity index (χ2n) is 13.5. The third kappa shape index (κ3) is 4.54. The number of para-hydroxylation sites is 4. The van der Waals surface area contributed by atoms with Crippen molar-refractivity contribution in [2.45, 2.75) is 0 Å². The molecule has 0 atom stereocenters. The van der Waals surface area contributed by atoms with E-state index in [1.165, 1.54) is 0 Å². The summed E-state index contributed by atoms with van der Waals surface area (Å²) >= 11 is 0. The van der Waals surface area contributed by atoms with E-state index in [1.54, 1.807) is 0 Å². The molecule has 0 bridgehead atoms. The molecule has 254 valence electrons.